The third-order valence-electron chi connectivity index (χ3n) is 1.96. The van der Waals surface area contributed by atoms with Gasteiger partial charge in [0.15, 0.2) is 5.82 Å². The van der Waals surface area contributed by atoms with Crippen LogP contribution in [0.15, 0.2) is 0 Å². The summed E-state index contributed by atoms with van der Waals surface area (Å²) in [6, 6.07) is 0. The van der Waals surface area contributed by atoms with Gasteiger partial charge in [-0.1, -0.05) is 0 Å². The average Bonchev–Trinajstić information content (AvgIpc) is 2.12. The quantitative estimate of drug-likeness (QED) is 0.691. The van der Waals surface area contributed by atoms with Crippen LogP contribution in [0.2, 0.25) is 0 Å². The Balaban J connectivity index is 2.53. The molecule has 13 heavy (non-hydrogen) atoms. The lowest BCUT2D eigenvalue weighted by molar-refractivity contribution is 0.683. The smallest absolute Gasteiger partial charge is 0.151 e. The molecule has 0 aromatic carbocycles. The Kier molecular flexibility index (Phi) is 3.76. The number of nitrogens with zero attached hydrogens (tertiary/aromatic N) is 3. The van der Waals surface area contributed by atoms with Gasteiger partial charge in [-0.05, 0) is 33.9 Å². The van der Waals surface area contributed by atoms with Crippen molar-refractivity contribution in [2.75, 3.05) is 13.6 Å². The van der Waals surface area contributed by atoms with Gasteiger partial charge in [0.05, 0.1) is 11.4 Å². The molecule has 1 N–H and O–H groups in total. The molecule has 0 fully saturated rings. The molecule has 1 heterocycles. The highest BCUT2D eigenvalue weighted by Gasteiger charge is 2.00. The summed E-state index contributed by atoms with van der Waals surface area (Å²) in [5.74, 6) is 0.846. The topological polar surface area (TPSA) is 50.7 Å². The maximum Gasteiger partial charge on any atom is 0.151 e. The molecule has 0 aliphatic carbocycles. The van der Waals surface area contributed by atoms with Gasteiger partial charge in [-0.15, -0.1) is 5.10 Å². The van der Waals surface area contributed by atoms with Gasteiger partial charge < -0.3 is 5.32 Å². The highest BCUT2D eigenvalue weighted by Crippen LogP contribution is 1.99. The molecule has 0 atom stereocenters. The second-order valence-electron chi connectivity index (χ2n) is 3.11. The van der Waals surface area contributed by atoms with E-state index in [4.69, 9.17) is 0 Å². The predicted molar refractivity (Wildman–Crippen MR) is 51.5 cm³/mol. The molecule has 0 saturated carbocycles. The molecule has 4 heteroatoms. The van der Waals surface area contributed by atoms with Gasteiger partial charge in [0.25, 0.3) is 0 Å². The van der Waals surface area contributed by atoms with Gasteiger partial charge >= 0.3 is 0 Å². The zero-order chi connectivity index (χ0) is 9.68. The molecular weight excluding hydrogens is 164 g/mol. The van der Waals surface area contributed by atoms with Crippen LogP contribution in [0.1, 0.15) is 23.6 Å². The summed E-state index contributed by atoms with van der Waals surface area (Å²) in [6.07, 6.45) is 1.95. The Morgan fingerprint density at radius 1 is 1.15 bits per heavy atom. The van der Waals surface area contributed by atoms with Gasteiger partial charge in [0, 0.05) is 6.42 Å². The average molecular weight is 180 g/mol. The molecule has 0 bridgehead atoms. The largest absolute Gasteiger partial charge is 0.320 e. The fourth-order valence-corrected chi connectivity index (χ4v) is 1.03. The van der Waals surface area contributed by atoms with E-state index in [1.54, 1.807) is 0 Å². The molecule has 0 aliphatic rings. The van der Waals surface area contributed by atoms with Crippen molar-refractivity contribution >= 4 is 0 Å². The number of hydrogen-bond donors (Lipinski definition) is 1. The first-order valence-corrected chi connectivity index (χ1v) is 4.55. The van der Waals surface area contributed by atoms with Crippen LogP contribution in [0.3, 0.4) is 0 Å². The van der Waals surface area contributed by atoms with Crippen LogP contribution in [0.4, 0.5) is 0 Å². The lowest BCUT2D eigenvalue weighted by Gasteiger charge is -2.01. The predicted octanol–water partition coefficient (Wildman–Crippen LogP) is 0.640. The van der Waals surface area contributed by atoms with Gasteiger partial charge in [0.1, 0.15) is 0 Å². The summed E-state index contributed by atoms with van der Waals surface area (Å²) in [7, 11) is 1.94. The van der Waals surface area contributed by atoms with E-state index in [9.17, 15) is 0 Å². The van der Waals surface area contributed by atoms with Crippen molar-refractivity contribution in [3.05, 3.63) is 17.2 Å². The fraction of sp³-hybridized carbons (Fsp3) is 0.667. The molecule has 1 aromatic heterocycles. The standard InChI is InChI=1S/C9H16N4/c1-7-8(2)12-13-9(11-7)5-4-6-10-3/h10H,4-6H2,1-3H3. The van der Waals surface area contributed by atoms with Gasteiger partial charge in [-0.25, -0.2) is 4.98 Å². The SMILES string of the molecule is CNCCCc1nnc(C)c(C)n1. The molecule has 1 aromatic rings. The van der Waals surface area contributed by atoms with E-state index in [1.807, 2.05) is 20.9 Å². The number of rotatable bonds is 4. The van der Waals surface area contributed by atoms with Crippen LogP contribution in [-0.2, 0) is 6.42 Å². The Morgan fingerprint density at radius 2 is 1.92 bits per heavy atom. The molecule has 1 rings (SSSR count). The molecule has 0 saturated heterocycles. The summed E-state index contributed by atoms with van der Waals surface area (Å²) in [4.78, 5) is 4.34. The monoisotopic (exact) mass is 180 g/mol. The fourth-order valence-electron chi connectivity index (χ4n) is 1.03. The van der Waals surface area contributed by atoms with E-state index in [0.29, 0.717) is 0 Å². The second-order valence-corrected chi connectivity index (χ2v) is 3.11. The van der Waals surface area contributed by atoms with Crippen LogP contribution in [0, 0.1) is 13.8 Å². The Bertz CT molecular complexity index is 272. The van der Waals surface area contributed by atoms with Crippen molar-refractivity contribution in [3.63, 3.8) is 0 Å². The van der Waals surface area contributed by atoms with Crippen LogP contribution < -0.4 is 5.32 Å². The van der Waals surface area contributed by atoms with Crippen molar-refractivity contribution in [2.24, 2.45) is 0 Å². The van der Waals surface area contributed by atoms with Crippen LogP contribution in [0.5, 0.6) is 0 Å². The van der Waals surface area contributed by atoms with E-state index in [1.165, 1.54) is 0 Å². The molecule has 4 nitrogen and oxygen atoms in total. The Labute approximate surface area is 78.8 Å². The van der Waals surface area contributed by atoms with E-state index >= 15 is 0 Å². The van der Waals surface area contributed by atoms with Crippen LogP contribution >= 0.6 is 0 Å². The summed E-state index contributed by atoms with van der Waals surface area (Å²) >= 11 is 0. The molecular formula is C9H16N4. The van der Waals surface area contributed by atoms with Gasteiger partial charge in [-0.2, -0.15) is 5.10 Å². The van der Waals surface area contributed by atoms with Crippen molar-refractivity contribution in [1.29, 1.82) is 0 Å². The minimum Gasteiger partial charge on any atom is -0.320 e. The van der Waals surface area contributed by atoms with Crippen molar-refractivity contribution in [3.8, 4) is 0 Å². The molecule has 0 radical (unpaired) electrons. The lowest BCUT2D eigenvalue weighted by atomic mass is 10.3. The van der Waals surface area contributed by atoms with Crippen molar-refractivity contribution < 1.29 is 0 Å². The molecule has 0 unspecified atom stereocenters. The first-order chi connectivity index (χ1) is 6.24. The van der Waals surface area contributed by atoms with E-state index in [-0.39, 0.29) is 0 Å². The summed E-state index contributed by atoms with van der Waals surface area (Å²) in [5, 5.41) is 11.1. The normalized spacial score (nSPS) is 10.4. The number of hydrogen-bond acceptors (Lipinski definition) is 4. The Hall–Kier alpha value is -1.03. The number of aromatic nitrogens is 3. The molecule has 72 valence electrons. The number of aryl methyl sites for hydroxylation is 3. The third-order valence-corrected chi connectivity index (χ3v) is 1.96. The van der Waals surface area contributed by atoms with E-state index in [2.05, 4.69) is 20.5 Å². The summed E-state index contributed by atoms with van der Waals surface area (Å²) in [5.41, 5.74) is 1.90. The van der Waals surface area contributed by atoms with E-state index < -0.39 is 0 Å². The first-order valence-electron chi connectivity index (χ1n) is 4.55. The highest BCUT2D eigenvalue weighted by atomic mass is 15.2. The Morgan fingerprint density at radius 3 is 2.54 bits per heavy atom. The number of nitrogens with one attached hydrogen (secondary N) is 1. The minimum absolute atomic E-state index is 0.846. The van der Waals surface area contributed by atoms with Gasteiger partial charge in [0.2, 0.25) is 0 Å². The van der Waals surface area contributed by atoms with E-state index in [0.717, 1.165) is 36.6 Å². The van der Waals surface area contributed by atoms with Crippen LogP contribution in [-0.4, -0.2) is 28.8 Å². The van der Waals surface area contributed by atoms with Gasteiger partial charge in [-0.3, -0.25) is 0 Å². The highest BCUT2D eigenvalue weighted by molar-refractivity contribution is 5.05. The molecule has 0 spiro atoms. The third kappa shape index (κ3) is 3.06. The minimum atomic E-state index is 0.846. The maximum absolute atomic E-state index is 4.34. The van der Waals surface area contributed by atoms with Crippen molar-refractivity contribution in [2.45, 2.75) is 26.7 Å². The summed E-state index contributed by atoms with van der Waals surface area (Å²) < 4.78 is 0. The summed E-state index contributed by atoms with van der Waals surface area (Å²) in [6.45, 7) is 4.88. The second kappa shape index (κ2) is 4.87. The zero-order valence-corrected chi connectivity index (χ0v) is 8.46. The van der Waals surface area contributed by atoms with Crippen LogP contribution in [0.25, 0.3) is 0 Å². The maximum atomic E-state index is 4.34. The first kappa shape index (κ1) is 10.1. The molecule has 0 amide bonds. The lowest BCUT2D eigenvalue weighted by Crippen LogP contribution is -2.10. The molecule has 0 aliphatic heterocycles. The van der Waals surface area contributed by atoms with Crippen molar-refractivity contribution in [1.82, 2.24) is 20.5 Å². The zero-order valence-electron chi connectivity index (χ0n) is 8.46.